The molecule has 3 heterocycles. The van der Waals surface area contributed by atoms with Crippen molar-refractivity contribution in [3.05, 3.63) is 73.0 Å². The van der Waals surface area contributed by atoms with Crippen LogP contribution in [0.5, 0.6) is 0 Å². The molecule has 0 saturated heterocycles. The number of hydrogen-bond donors (Lipinski definition) is 3. The minimum atomic E-state index is -0.280. The van der Waals surface area contributed by atoms with E-state index in [9.17, 15) is 4.79 Å². The highest BCUT2D eigenvalue weighted by Gasteiger charge is 2.13. The van der Waals surface area contributed by atoms with E-state index in [-0.39, 0.29) is 5.91 Å². The van der Waals surface area contributed by atoms with E-state index >= 15 is 0 Å². The molecule has 23 heavy (non-hydrogen) atoms. The van der Waals surface area contributed by atoms with Gasteiger partial charge in [-0.1, -0.05) is 6.58 Å². The first kappa shape index (κ1) is 14.5. The molecule has 7 nitrogen and oxygen atoms in total. The lowest BCUT2D eigenvalue weighted by Crippen LogP contribution is -2.14. The number of anilines is 2. The molecule has 0 radical (unpaired) electrons. The second kappa shape index (κ2) is 6.52. The molecule has 3 aromatic rings. The van der Waals surface area contributed by atoms with E-state index in [0.717, 1.165) is 5.69 Å². The lowest BCUT2D eigenvalue weighted by atomic mass is 10.2. The molecule has 3 rings (SSSR count). The van der Waals surface area contributed by atoms with Crippen LogP contribution in [-0.2, 0) is 0 Å². The SMILES string of the molecule is C=C(Nc1cccnc1)c1cn[nH]c1NC(=O)c1cccnc1. The normalized spacial score (nSPS) is 10.1. The minimum Gasteiger partial charge on any atom is -0.354 e. The number of nitrogens with one attached hydrogen (secondary N) is 3. The molecule has 0 atom stereocenters. The van der Waals surface area contributed by atoms with Crippen molar-refractivity contribution < 1.29 is 4.79 Å². The van der Waals surface area contributed by atoms with Gasteiger partial charge in [-0.3, -0.25) is 19.9 Å². The molecule has 0 aromatic carbocycles. The summed E-state index contributed by atoms with van der Waals surface area (Å²) >= 11 is 0. The zero-order chi connectivity index (χ0) is 16.1. The number of aromatic amines is 1. The van der Waals surface area contributed by atoms with Crippen molar-refractivity contribution in [2.24, 2.45) is 0 Å². The molecule has 0 unspecified atom stereocenters. The monoisotopic (exact) mass is 306 g/mol. The molecule has 0 aliphatic heterocycles. The Kier molecular flexibility index (Phi) is 4.10. The third-order valence-corrected chi connectivity index (χ3v) is 3.08. The van der Waals surface area contributed by atoms with Gasteiger partial charge < -0.3 is 10.6 Å². The van der Waals surface area contributed by atoms with E-state index in [0.29, 0.717) is 22.6 Å². The van der Waals surface area contributed by atoms with Gasteiger partial charge >= 0.3 is 0 Å². The number of hydrogen-bond acceptors (Lipinski definition) is 5. The lowest BCUT2D eigenvalue weighted by Gasteiger charge is -2.10. The highest BCUT2D eigenvalue weighted by atomic mass is 16.1. The Morgan fingerprint density at radius 3 is 2.52 bits per heavy atom. The molecule has 0 bridgehead atoms. The average molecular weight is 306 g/mol. The summed E-state index contributed by atoms with van der Waals surface area (Å²) < 4.78 is 0. The fourth-order valence-corrected chi connectivity index (χ4v) is 1.97. The van der Waals surface area contributed by atoms with E-state index < -0.39 is 0 Å². The van der Waals surface area contributed by atoms with Gasteiger partial charge in [-0.25, -0.2) is 0 Å². The van der Waals surface area contributed by atoms with Gasteiger partial charge in [0.15, 0.2) is 0 Å². The first-order valence-corrected chi connectivity index (χ1v) is 6.85. The first-order valence-electron chi connectivity index (χ1n) is 6.85. The molecule has 3 N–H and O–H groups in total. The second-order valence-corrected chi connectivity index (χ2v) is 4.70. The minimum absolute atomic E-state index is 0.280. The highest BCUT2D eigenvalue weighted by molar-refractivity contribution is 6.04. The molecule has 1 amide bonds. The van der Waals surface area contributed by atoms with Gasteiger partial charge in [0.05, 0.1) is 29.2 Å². The summed E-state index contributed by atoms with van der Waals surface area (Å²) in [5.41, 5.74) is 2.50. The number of carbonyl (C=O) groups is 1. The number of carbonyl (C=O) groups excluding carboxylic acids is 1. The van der Waals surface area contributed by atoms with Crippen LogP contribution in [0, 0.1) is 0 Å². The summed E-state index contributed by atoms with van der Waals surface area (Å²) in [6, 6.07) is 7.06. The van der Waals surface area contributed by atoms with Crippen molar-refractivity contribution in [2.45, 2.75) is 0 Å². The molecule has 114 valence electrons. The van der Waals surface area contributed by atoms with Crippen LogP contribution in [0.2, 0.25) is 0 Å². The molecule has 7 heteroatoms. The molecule has 3 aromatic heterocycles. The van der Waals surface area contributed by atoms with Crippen LogP contribution in [0.1, 0.15) is 15.9 Å². The lowest BCUT2D eigenvalue weighted by molar-refractivity contribution is 0.102. The van der Waals surface area contributed by atoms with E-state index in [2.05, 4.69) is 37.4 Å². The zero-order valence-corrected chi connectivity index (χ0v) is 12.2. The molecular formula is C16H14N6O. The van der Waals surface area contributed by atoms with Crippen molar-refractivity contribution in [3.8, 4) is 0 Å². The van der Waals surface area contributed by atoms with E-state index in [1.54, 1.807) is 36.9 Å². The van der Waals surface area contributed by atoms with E-state index in [1.807, 2.05) is 12.1 Å². The van der Waals surface area contributed by atoms with Gasteiger partial charge in [-0.05, 0) is 24.3 Å². The number of H-pyrrole nitrogens is 1. The van der Waals surface area contributed by atoms with Crippen LogP contribution in [-0.4, -0.2) is 26.1 Å². The first-order chi connectivity index (χ1) is 11.2. The standard InChI is InChI=1S/C16H14N6O/c1-11(20-13-5-3-7-18-9-13)14-10-19-22-15(14)21-16(23)12-4-2-6-17-8-12/h2-10,20H,1H2,(H2,19,21,22,23). The molecule has 0 saturated carbocycles. The predicted molar refractivity (Wildman–Crippen MR) is 87.7 cm³/mol. The smallest absolute Gasteiger partial charge is 0.258 e. The summed E-state index contributed by atoms with van der Waals surface area (Å²) in [6.45, 7) is 3.97. The summed E-state index contributed by atoms with van der Waals surface area (Å²) in [5.74, 6) is 0.179. The van der Waals surface area contributed by atoms with Gasteiger partial charge in [0.1, 0.15) is 5.82 Å². The van der Waals surface area contributed by atoms with E-state index in [1.165, 1.54) is 6.20 Å². The summed E-state index contributed by atoms with van der Waals surface area (Å²) in [4.78, 5) is 20.1. The van der Waals surface area contributed by atoms with Gasteiger partial charge in [-0.15, -0.1) is 0 Å². The number of nitrogens with zero attached hydrogens (tertiary/aromatic N) is 3. The van der Waals surface area contributed by atoms with Gasteiger partial charge in [0.25, 0.3) is 5.91 Å². The van der Waals surface area contributed by atoms with Crippen molar-refractivity contribution in [1.82, 2.24) is 20.2 Å². The maximum Gasteiger partial charge on any atom is 0.258 e. The van der Waals surface area contributed by atoms with Crippen LogP contribution in [0.15, 0.2) is 61.8 Å². The third-order valence-electron chi connectivity index (χ3n) is 3.08. The quantitative estimate of drug-likeness (QED) is 0.673. The van der Waals surface area contributed by atoms with Crippen molar-refractivity contribution >= 4 is 23.1 Å². The Morgan fingerprint density at radius 2 is 1.83 bits per heavy atom. The topological polar surface area (TPSA) is 95.6 Å². The third kappa shape index (κ3) is 3.41. The van der Waals surface area contributed by atoms with Crippen LogP contribution < -0.4 is 10.6 Å². The maximum atomic E-state index is 12.2. The molecule has 0 spiro atoms. The van der Waals surface area contributed by atoms with Crippen LogP contribution >= 0.6 is 0 Å². The van der Waals surface area contributed by atoms with Gasteiger partial charge in [0.2, 0.25) is 0 Å². The van der Waals surface area contributed by atoms with Crippen molar-refractivity contribution in [3.63, 3.8) is 0 Å². The Balaban J connectivity index is 1.74. The summed E-state index contributed by atoms with van der Waals surface area (Å²) in [5, 5.41) is 12.6. The van der Waals surface area contributed by atoms with Crippen molar-refractivity contribution in [2.75, 3.05) is 10.6 Å². The Labute approximate surface area is 132 Å². The summed E-state index contributed by atoms with van der Waals surface area (Å²) in [7, 11) is 0. The largest absolute Gasteiger partial charge is 0.354 e. The van der Waals surface area contributed by atoms with E-state index in [4.69, 9.17) is 0 Å². The molecule has 0 fully saturated rings. The number of pyridine rings is 2. The van der Waals surface area contributed by atoms with Gasteiger partial charge in [0, 0.05) is 24.3 Å². The second-order valence-electron chi connectivity index (χ2n) is 4.70. The fraction of sp³-hybridized carbons (Fsp3) is 0. The molecule has 0 aliphatic carbocycles. The fourth-order valence-electron chi connectivity index (χ4n) is 1.97. The summed E-state index contributed by atoms with van der Waals surface area (Å²) in [6.07, 6.45) is 8.06. The van der Waals surface area contributed by atoms with Crippen LogP contribution in [0.3, 0.4) is 0 Å². The number of rotatable bonds is 5. The highest BCUT2D eigenvalue weighted by Crippen LogP contribution is 2.22. The van der Waals surface area contributed by atoms with Crippen LogP contribution in [0.25, 0.3) is 5.70 Å². The molecule has 0 aliphatic rings. The number of amides is 1. The Bertz CT molecular complexity index is 813. The number of aromatic nitrogens is 4. The van der Waals surface area contributed by atoms with Crippen LogP contribution in [0.4, 0.5) is 11.5 Å². The Morgan fingerprint density at radius 1 is 1.04 bits per heavy atom. The Hall–Kier alpha value is -3.48. The molecular weight excluding hydrogens is 292 g/mol. The average Bonchev–Trinajstić information content (AvgIpc) is 3.05. The van der Waals surface area contributed by atoms with Crippen molar-refractivity contribution in [1.29, 1.82) is 0 Å². The maximum absolute atomic E-state index is 12.2. The zero-order valence-electron chi connectivity index (χ0n) is 12.2. The van der Waals surface area contributed by atoms with Gasteiger partial charge in [-0.2, -0.15) is 5.10 Å². The predicted octanol–water partition coefficient (Wildman–Crippen LogP) is 2.53.